The number of anilines is 1. The molecule has 0 bridgehead atoms. The number of sulfonamides is 1. The third-order valence-electron chi connectivity index (χ3n) is 5.08. The second-order valence-corrected chi connectivity index (χ2v) is 9.19. The van der Waals surface area contributed by atoms with E-state index < -0.39 is 16.0 Å². The molecule has 0 aliphatic carbocycles. The van der Waals surface area contributed by atoms with Crippen LogP contribution in [0.4, 0.5) is 5.69 Å². The number of hydrogen-bond donors (Lipinski definition) is 0. The van der Waals surface area contributed by atoms with Crippen molar-refractivity contribution in [3.05, 3.63) is 83.7 Å². The smallest absolute Gasteiger partial charge is 0.338 e. The highest BCUT2D eigenvalue weighted by atomic mass is 32.2. The van der Waals surface area contributed by atoms with Crippen LogP contribution in [-0.2, 0) is 21.2 Å². The fourth-order valence-corrected chi connectivity index (χ4v) is 4.46. The van der Waals surface area contributed by atoms with Crippen molar-refractivity contribution in [1.29, 1.82) is 0 Å². The lowest BCUT2D eigenvalue weighted by Crippen LogP contribution is -2.27. The Labute approximate surface area is 188 Å². The summed E-state index contributed by atoms with van der Waals surface area (Å²) in [5.74, 6) is -0.121. The number of methoxy groups -OCH3 is 1. The highest BCUT2D eigenvalue weighted by molar-refractivity contribution is 7.92. The van der Waals surface area contributed by atoms with Gasteiger partial charge in [-0.1, -0.05) is 24.3 Å². The summed E-state index contributed by atoms with van der Waals surface area (Å²) in [6.07, 6.45) is 4.86. The maximum Gasteiger partial charge on any atom is 0.338 e. The second kappa shape index (κ2) is 10.3. The Kier molecular flexibility index (Phi) is 7.48. The number of ether oxygens (including phenoxy) is 2. The van der Waals surface area contributed by atoms with Gasteiger partial charge >= 0.3 is 5.97 Å². The van der Waals surface area contributed by atoms with Crippen LogP contribution in [0.1, 0.15) is 27.9 Å². The molecular formula is C24H26N2O5S. The maximum atomic E-state index is 13.2. The molecule has 8 heteroatoms. The van der Waals surface area contributed by atoms with E-state index in [0.717, 1.165) is 16.3 Å². The van der Waals surface area contributed by atoms with Crippen molar-refractivity contribution in [1.82, 2.24) is 4.98 Å². The lowest BCUT2D eigenvalue weighted by Gasteiger charge is -2.22. The molecule has 0 saturated carbocycles. The van der Waals surface area contributed by atoms with E-state index in [1.165, 1.54) is 26.3 Å². The van der Waals surface area contributed by atoms with E-state index in [0.29, 0.717) is 23.4 Å². The molecule has 0 radical (unpaired) electrons. The predicted molar refractivity (Wildman–Crippen MR) is 123 cm³/mol. The Balaban J connectivity index is 1.74. The molecule has 0 amide bonds. The normalized spacial score (nSPS) is 11.1. The Morgan fingerprint density at radius 3 is 2.59 bits per heavy atom. The SMILES string of the molecule is COc1ccccc1N(C)S(=O)(=O)c1ccc(C)c(C(=O)OCCCc2cccnc2)c1. The number of benzene rings is 2. The molecule has 0 N–H and O–H groups in total. The maximum absolute atomic E-state index is 13.2. The van der Waals surface area contributed by atoms with Crippen molar-refractivity contribution in [3.63, 3.8) is 0 Å². The molecule has 168 valence electrons. The summed E-state index contributed by atoms with van der Waals surface area (Å²) >= 11 is 0. The van der Waals surface area contributed by atoms with Gasteiger partial charge in [0, 0.05) is 19.4 Å². The van der Waals surface area contributed by atoms with Crippen LogP contribution in [0.2, 0.25) is 0 Å². The second-order valence-electron chi connectivity index (χ2n) is 7.22. The number of para-hydroxylation sites is 2. The van der Waals surface area contributed by atoms with Gasteiger partial charge in [0.2, 0.25) is 0 Å². The van der Waals surface area contributed by atoms with Crippen molar-refractivity contribution in [2.45, 2.75) is 24.7 Å². The molecule has 1 aromatic heterocycles. The lowest BCUT2D eigenvalue weighted by atomic mass is 10.1. The summed E-state index contributed by atoms with van der Waals surface area (Å²) < 4.78 is 38.2. The highest BCUT2D eigenvalue weighted by Gasteiger charge is 2.25. The van der Waals surface area contributed by atoms with E-state index in [9.17, 15) is 13.2 Å². The molecular weight excluding hydrogens is 428 g/mol. The molecule has 2 aromatic carbocycles. The summed E-state index contributed by atoms with van der Waals surface area (Å²) in [6, 6.07) is 15.1. The molecule has 0 fully saturated rings. The van der Waals surface area contributed by atoms with Crippen LogP contribution in [0, 0.1) is 6.92 Å². The first-order valence-electron chi connectivity index (χ1n) is 10.1. The summed E-state index contributed by atoms with van der Waals surface area (Å²) in [6.45, 7) is 1.97. The summed E-state index contributed by atoms with van der Waals surface area (Å²) in [4.78, 5) is 16.7. The standard InChI is InChI=1S/C24H26N2O5S/c1-18-12-13-20(32(28,29)26(2)22-10-4-5-11-23(22)30-3)16-21(18)24(27)31-15-7-9-19-8-6-14-25-17-19/h4-6,8,10-14,16-17H,7,9,15H2,1-3H3. The number of aromatic nitrogens is 1. The number of pyridine rings is 1. The largest absolute Gasteiger partial charge is 0.495 e. The first-order valence-corrected chi connectivity index (χ1v) is 11.6. The van der Waals surface area contributed by atoms with E-state index in [-0.39, 0.29) is 17.1 Å². The molecule has 0 aliphatic heterocycles. The average Bonchev–Trinajstić information content (AvgIpc) is 2.82. The minimum atomic E-state index is -3.92. The Bertz CT molecular complexity index is 1180. The topological polar surface area (TPSA) is 85.8 Å². The molecule has 7 nitrogen and oxygen atoms in total. The fourth-order valence-electron chi connectivity index (χ4n) is 3.22. The van der Waals surface area contributed by atoms with Gasteiger partial charge in [-0.2, -0.15) is 0 Å². The molecule has 0 spiro atoms. The van der Waals surface area contributed by atoms with Crippen molar-refractivity contribution in [2.24, 2.45) is 0 Å². The van der Waals surface area contributed by atoms with Gasteiger partial charge in [0.15, 0.2) is 0 Å². The molecule has 0 saturated heterocycles. The molecule has 32 heavy (non-hydrogen) atoms. The minimum Gasteiger partial charge on any atom is -0.495 e. The van der Waals surface area contributed by atoms with Crippen LogP contribution in [0.15, 0.2) is 71.9 Å². The quantitative estimate of drug-likeness (QED) is 0.359. The number of carbonyl (C=O) groups is 1. The van der Waals surface area contributed by atoms with Gasteiger partial charge < -0.3 is 9.47 Å². The monoisotopic (exact) mass is 454 g/mol. The molecule has 3 aromatic rings. The zero-order valence-corrected chi connectivity index (χ0v) is 19.1. The van der Waals surface area contributed by atoms with Gasteiger partial charge in [0.25, 0.3) is 10.0 Å². The number of aryl methyl sites for hydroxylation is 2. The van der Waals surface area contributed by atoms with Crippen molar-refractivity contribution >= 4 is 21.7 Å². The Morgan fingerprint density at radius 1 is 1.09 bits per heavy atom. The van der Waals surface area contributed by atoms with Crippen LogP contribution < -0.4 is 9.04 Å². The molecule has 3 rings (SSSR count). The van der Waals surface area contributed by atoms with Crippen LogP contribution >= 0.6 is 0 Å². The molecule has 0 atom stereocenters. The third kappa shape index (κ3) is 5.26. The zero-order valence-electron chi connectivity index (χ0n) is 18.3. The summed E-state index contributed by atoms with van der Waals surface area (Å²) in [5, 5.41) is 0. The number of hydrogen-bond acceptors (Lipinski definition) is 6. The molecule has 1 heterocycles. The van der Waals surface area contributed by atoms with E-state index >= 15 is 0 Å². The number of carbonyl (C=O) groups excluding carboxylic acids is 1. The summed E-state index contributed by atoms with van der Waals surface area (Å²) in [7, 11) is -0.992. The van der Waals surface area contributed by atoms with Gasteiger partial charge in [0.1, 0.15) is 5.75 Å². The van der Waals surface area contributed by atoms with E-state index in [4.69, 9.17) is 9.47 Å². The van der Waals surface area contributed by atoms with Crippen LogP contribution in [0.25, 0.3) is 0 Å². The summed E-state index contributed by atoms with van der Waals surface area (Å²) in [5.41, 5.74) is 2.32. The number of nitrogens with zero attached hydrogens (tertiary/aromatic N) is 2. The Hall–Kier alpha value is -3.39. The highest BCUT2D eigenvalue weighted by Crippen LogP contribution is 2.31. The van der Waals surface area contributed by atoms with Gasteiger partial charge in [-0.05, 0) is 61.2 Å². The molecule has 0 aliphatic rings. The van der Waals surface area contributed by atoms with Crippen molar-refractivity contribution < 1.29 is 22.7 Å². The number of esters is 1. The first kappa shape index (κ1) is 23.3. The van der Waals surface area contributed by atoms with E-state index in [1.54, 1.807) is 49.6 Å². The predicted octanol–water partition coefficient (Wildman–Crippen LogP) is 4.01. The fraction of sp³-hybridized carbons (Fsp3) is 0.250. The van der Waals surface area contributed by atoms with Crippen molar-refractivity contribution in [2.75, 3.05) is 25.1 Å². The average molecular weight is 455 g/mol. The third-order valence-corrected chi connectivity index (χ3v) is 6.84. The Morgan fingerprint density at radius 2 is 1.88 bits per heavy atom. The van der Waals surface area contributed by atoms with Gasteiger partial charge in [-0.3, -0.25) is 9.29 Å². The lowest BCUT2D eigenvalue weighted by molar-refractivity contribution is 0.0499. The molecule has 0 unspecified atom stereocenters. The van der Waals surface area contributed by atoms with E-state index in [1.807, 2.05) is 12.1 Å². The van der Waals surface area contributed by atoms with Crippen LogP contribution in [0.3, 0.4) is 0 Å². The minimum absolute atomic E-state index is 0.00110. The van der Waals surface area contributed by atoms with Crippen LogP contribution in [-0.4, -0.2) is 40.1 Å². The van der Waals surface area contributed by atoms with Crippen molar-refractivity contribution in [3.8, 4) is 5.75 Å². The van der Waals surface area contributed by atoms with Crippen LogP contribution in [0.5, 0.6) is 5.75 Å². The van der Waals surface area contributed by atoms with Gasteiger partial charge in [-0.25, -0.2) is 13.2 Å². The first-order chi connectivity index (χ1) is 15.3. The van der Waals surface area contributed by atoms with E-state index in [2.05, 4.69) is 4.98 Å². The number of rotatable bonds is 9. The zero-order chi connectivity index (χ0) is 23.1. The van der Waals surface area contributed by atoms with Gasteiger partial charge in [-0.15, -0.1) is 0 Å². The van der Waals surface area contributed by atoms with Gasteiger partial charge in [0.05, 0.1) is 29.9 Å².